The fourth-order valence-corrected chi connectivity index (χ4v) is 0.710. The summed E-state index contributed by atoms with van der Waals surface area (Å²) in [6, 6.07) is 0. The minimum absolute atomic E-state index is 0.168. The van der Waals surface area contributed by atoms with Crippen molar-refractivity contribution in [3.8, 4) is 5.75 Å². The summed E-state index contributed by atoms with van der Waals surface area (Å²) < 4.78 is 5.85. The highest BCUT2D eigenvalue weighted by Crippen LogP contribution is 2.21. The SMILES string of the molecule is Cn1ncc(OC(N)=O)c1Cl. The van der Waals surface area contributed by atoms with Gasteiger partial charge in [-0.25, -0.2) is 4.79 Å². The lowest BCUT2D eigenvalue weighted by atomic mass is 10.6. The summed E-state index contributed by atoms with van der Waals surface area (Å²) in [5.74, 6) is 0.168. The summed E-state index contributed by atoms with van der Waals surface area (Å²) in [6.07, 6.45) is 0.410. The quantitative estimate of drug-likeness (QED) is 0.677. The maximum atomic E-state index is 10.2. The molecule has 0 unspecified atom stereocenters. The third kappa shape index (κ3) is 1.62. The molecule has 1 aromatic heterocycles. The predicted molar refractivity (Wildman–Crippen MR) is 38.4 cm³/mol. The Kier molecular flexibility index (Phi) is 2.00. The molecule has 0 spiro atoms. The zero-order chi connectivity index (χ0) is 8.43. The highest BCUT2D eigenvalue weighted by Gasteiger charge is 2.08. The number of nitrogens with zero attached hydrogens (tertiary/aromatic N) is 2. The Morgan fingerprint density at radius 1 is 1.91 bits per heavy atom. The number of primary amides is 1. The first kappa shape index (κ1) is 7.87. The van der Waals surface area contributed by atoms with Gasteiger partial charge in [-0.05, 0) is 0 Å². The first-order valence-corrected chi connectivity index (χ1v) is 3.14. The van der Waals surface area contributed by atoms with Gasteiger partial charge in [0.1, 0.15) is 0 Å². The van der Waals surface area contributed by atoms with Gasteiger partial charge >= 0.3 is 6.09 Å². The second-order valence-corrected chi connectivity index (χ2v) is 2.20. The number of ether oxygens (including phenoxy) is 1. The first-order chi connectivity index (χ1) is 5.11. The van der Waals surface area contributed by atoms with Crippen molar-refractivity contribution < 1.29 is 9.53 Å². The second-order valence-electron chi connectivity index (χ2n) is 1.84. The summed E-state index contributed by atoms with van der Waals surface area (Å²) >= 11 is 5.62. The van der Waals surface area contributed by atoms with Crippen molar-refractivity contribution in [2.24, 2.45) is 12.8 Å². The van der Waals surface area contributed by atoms with Gasteiger partial charge in [-0.1, -0.05) is 11.6 Å². The van der Waals surface area contributed by atoms with Crippen LogP contribution in [0.25, 0.3) is 0 Å². The van der Waals surface area contributed by atoms with E-state index in [0.29, 0.717) is 0 Å². The lowest BCUT2D eigenvalue weighted by molar-refractivity contribution is 0.211. The number of hydrogen-bond acceptors (Lipinski definition) is 3. The van der Waals surface area contributed by atoms with Crippen molar-refractivity contribution in [1.29, 1.82) is 0 Å². The first-order valence-electron chi connectivity index (χ1n) is 2.76. The van der Waals surface area contributed by atoms with Crippen LogP contribution in [0.1, 0.15) is 0 Å². The van der Waals surface area contributed by atoms with Gasteiger partial charge in [0.05, 0.1) is 6.20 Å². The molecule has 5 nitrogen and oxygen atoms in total. The molecule has 1 rings (SSSR count). The molecule has 0 aliphatic rings. The van der Waals surface area contributed by atoms with Crippen molar-refractivity contribution in [3.05, 3.63) is 11.3 Å². The molecule has 0 bridgehead atoms. The standard InChI is InChI=1S/C5H6ClN3O2/c1-9-4(6)3(2-8-9)11-5(7)10/h2H,1H3,(H2,7,10). The van der Waals surface area contributed by atoms with E-state index in [1.807, 2.05) is 0 Å². The molecule has 0 fully saturated rings. The Labute approximate surface area is 67.7 Å². The van der Waals surface area contributed by atoms with Crippen molar-refractivity contribution in [2.45, 2.75) is 0 Å². The molecule has 11 heavy (non-hydrogen) atoms. The summed E-state index contributed by atoms with van der Waals surface area (Å²) in [4.78, 5) is 10.2. The third-order valence-electron chi connectivity index (χ3n) is 1.05. The van der Waals surface area contributed by atoms with E-state index in [0.717, 1.165) is 0 Å². The number of nitrogens with two attached hydrogens (primary N) is 1. The Morgan fingerprint density at radius 3 is 2.91 bits per heavy atom. The number of amides is 1. The van der Waals surface area contributed by atoms with Crippen LogP contribution in [0, 0.1) is 0 Å². The van der Waals surface area contributed by atoms with Gasteiger partial charge in [0.15, 0.2) is 10.9 Å². The van der Waals surface area contributed by atoms with E-state index in [4.69, 9.17) is 17.3 Å². The molecule has 0 atom stereocenters. The third-order valence-corrected chi connectivity index (χ3v) is 1.48. The topological polar surface area (TPSA) is 70.1 Å². The Morgan fingerprint density at radius 2 is 2.55 bits per heavy atom. The number of carbonyl (C=O) groups excluding carboxylic acids is 1. The number of aryl methyl sites for hydroxylation is 1. The smallest absolute Gasteiger partial charge is 0.405 e. The monoisotopic (exact) mass is 175 g/mol. The number of halogens is 1. The molecule has 0 aliphatic heterocycles. The molecule has 0 radical (unpaired) electrons. The van der Waals surface area contributed by atoms with Crippen LogP contribution in [0.4, 0.5) is 4.79 Å². The van der Waals surface area contributed by atoms with Gasteiger partial charge in [0.2, 0.25) is 0 Å². The Balaban J connectivity index is 2.87. The summed E-state index contributed by atoms with van der Waals surface area (Å²) in [7, 11) is 1.62. The van der Waals surface area contributed by atoms with Crippen molar-refractivity contribution >= 4 is 17.7 Å². The van der Waals surface area contributed by atoms with Crippen LogP contribution in [0.15, 0.2) is 6.20 Å². The average molecular weight is 176 g/mol. The molecule has 2 N–H and O–H groups in total. The second kappa shape index (κ2) is 2.79. The van der Waals surface area contributed by atoms with Crippen LogP contribution < -0.4 is 10.5 Å². The molecule has 0 saturated carbocycles. The maximum absolute atomic E-state index is 10.2. The van der Waals surface area contributed by atoms with Crippen LogP contribution >= 0.6 is 11.6 Å². The molecular weight excluding hydrogens is 170 g/mol. The van der Waals surface area contributed by atoms with Gasteiger partial charge in [-0.15, -0.1) is 0 Å². The average Bonchev–Trinajstić information content (AvgIpc) is 2.18. The highest BCUT2D eigenvalue weighted by molar-refractivity contribution is 6.31. The van der Waals surface area contributed by atoms with E-state index >= 15 is 0 Å². The molecule has 1 heterocycles. The van der Waals surface area contributed by atoms with E-state index in [2.05, 4.69) is 9.84 Å². The number of hydrogen-bond donors (Lipinski definition) is 1. The normalized spacial score (nSPS) is 9.64. The number of carbonyl (C=O) groups is 1. The lowest BCUT2D eigenvalue weighted by Crippen LogP contribution is -2.16. The minimum atomic E-state index is -0.903. The zero-order valence-electron chi connectivity index (χ0n) is 5.74. The summed E-state index contributed by atoms with van der Waals surface area (Å²) in [5.41, 5.74) is 4.75. The fraction of sp³-hybridized carbons (Fsp3) is 0.200. The van der Waals surface area contributed by atoms with Gasteiger partial charge in [0, 0.05) is 7.05 Å². The number of rotatable bonds is 1. The molecule has 0 saturated heterocycles. The maximum Gasteiger partial charge on any atom is 0.410 e. The van der Waals surface area contributed by atoms with Gasteiger partial charge < -0.3 is 10.5 Å². The molecule has 6 heteroatoms. The molecule has 1 aromatic rings. The molecule has 0 aromatic carbocycles. The van der Waals surface area contributed by atoms with Crippen molar-refractivity contribution in [2.75, 3.05) is 0 Å². The highest BCUT2D eigenvalue weighted by atomic mass is 35.5. The zero-order valence-corrected chi connectivity index (χ0v) is 6.50. The van der Waals surface area contributed by atoms with E-state index < -0.39 is 6.09 Å². The van der Waals surface area contributed by atoms with E-state index in [-0.39, 0.29) is 10.9 Å². The van der Waals surface area contributed by atoms with Crippen LogP contribution in [0.5, 0.6) is 5.75 Å². The number of aromatic nitrogens is 2. The van der Waals surface area contributed by atoms with Gasteiger partial charge in [-0.2, -0.15) is 5.10 Å². The van der Waals surface area contributed by atoms with Crippen LogP contribution in [0.2, 0.25) is 5.15 Å². The largest absolute Gasteiger partial charge is 0.410 e. The van der Waals surface area contributed by atoms with Gasteiger partial charge in [-0.3, -0.25) is 4.68 Å². The van der Waals surface area contributed by atoms with E-state index in [1.54, 1.807) is 7.05 Å². The minimum Gasteiger partial charge on any atom is -0.405 e. The summed E-state index contributed by atoms with van der Waals surface area (Å²) in [5, 5.41) is 3.96. The van der Waals surface area contributed by atoms with E-state index in [9.17, 15) is 4.79 Å². The summed E-state index contributed by atoms with van der Waals surface area (Å²) in [6.45, 7) is 0. The molecule has 60 valence electrons. The van der Waals surface area contributed by atoms with Crippen LogP contribution in [-0.2, 0) is 7.05 Å². The Bertz CT molecular complexity index is 283. The van der Waals surface area contributed by atoms with Crippen LogP contribution in [-0.4, -0.2) is 15.9 Å². The van der Waals surface area contributed by atoms with Gasteiger partial charge in [0.25, 0.3) is 0 Å². The van der Waals surface area contributed by atoms with Crippen molar-refractivity contribution in [1.82, 2.24) is 9.78 Å². The molecule has 1 amide bonds. The Hall–Kier alpha value is -1.23. The predicted octanol–water partition coefficient (Wildman–Crippen LogP) is 0.531. The van der Waals surface area contributed by atoms with Crippen LogP contribution in [0.3, 0.4) is 0 Å². The van der Waals surface area contributed by atoms with Crippen molar-refractivity contribution in [3.63, 3.8) is 0 Å². The van der Waals surface area contributed by atoms with E-state index in [1.165, 1.54) is 10.9 Å². The fourth-order valence-electron chi connectivity index (χ4n) is 0.579. The molecular formula is C5H6ClN3O2. The lowest BCUT2D eigenvalue weighted by Gasteiger charge is -1.95. The molecule has 0 aliphatic carbocycles.